The van der Waals surface area contributed by atoms with Crippen molar-refractivity contribution in [1.82, 2.24) is 4.90 Å². The van der Waals surface area contributed by atoms with E-state index in [1.165, 1.54) is 48.6 Å². The second-order valence-electron chi connectivity index (χ2n) is 7.41. The Labute approximate surface area is 146 Å². The summed E-state index contributed by atoms with van der Waals surface area (Å²) in [6, 6.07) is 14.7. The number of fused-ring (bicyclic) bond motifs is 1. The molecule has 1 aliphatic heterocycles. The van der Waals surface area contributed by atoms with Crippen LogP contribution in [0.25, 0.3) is 10.8 Å². The van der Waals surface area contributed by atoms with Crippen LogP contribution in [-0.4, -0.2) is 30.6 Å². The van der Waals surface area contributed by atoms with E-state index in [0.717, 1.165) is 17.8 Å². The Morgan fingerprint density at radius 3 is 2.62 bits per heavy atom. The average Bonchev–Trinajstić information content (AvgIpc) is 2.62. The summed E-state index contributed by atoms with van der Waals surface area (Å²) in [5.74, 6) is 1.49. The van der Waals surface area contributed by atoms with Gasteiger partial charge in [0.2, 0.25) is 0 Å². The summed E-state index contributed by atoms with van der Waals surface area (Å²) in [5, 5.41) is 2.56. The number of nitrogens with zero attached hydrogens (tertiary/aromatic N) is 1. The molecule has 2 heteroatoms. The predicted octanol–water partition coefficient (Wildman–Crippen LogP) is 5.60. The molecule has 2 aromatic carbocycles. The smallest absolute Gasteiger partial charge is 0.119 e. The summed E-state index contributed by atoms with van der Waals surface area (Å²) < 4.78 is 5.33. The van der Waals surface area contributed by atoms with Crippen molar-refractivity contribution in [3.63, 3.8) is 0 Å². The number of ether oxygens (including phenoxy) is 1. The van der Waals surface area contributed by atoms with Gasteiger partial charge in [-0.25, -0.2) is 0 Å². The van der Waals surface area contributed by atoms with E-state index in [4.69, 9.17) is 4.74 Å². The monoisotopic (exact) mass is 325 g/mol. The first-order valence-electron chi connectivity index (χ1n) is 9.45. The van der Waals surface area contributed by atoms with Gasteiger partial charge in [0.05, 0.1) is 7.11 Å². The van der Waals surface area contributed by atoms with Crippen LogP contribution < -0.4 is 4.74 Å². The normalized spacial score (nSPS) is 23.3. The van der Waals surface area contributed by atoms with Crippen LogP contribution >= 0.6 is 0 Å². The van der Waals surface area contributed by atoms with E-state index in [0.29, 0.717) is 5.92 Å². The number of methoxy groups -OCH3 is 1. The molecule has 0 saturated carbocycles. The van der Waals surface area contributed by atoms with Gasteiger partial charge in [-0.1, -0.05) is 44.5 Å². The highest BCUT2D eigenvalue weighted by Crippen LogP contribution is 2.30. The number of hydrogen-bond donors (Lipinski definition) is 0. The second kappa shape index (κ2) is 7.57. The summed E-state index contributed by atoms with van der Waals surface area (Å²) >= 11 is 0. The third-order valence-electron chi connectivity index (χ3n) is 5.79. The van der Waals surface area contributed by atoms with Crippen LogP contribution in [0.4, 0.5) is 0 Å². The molecule has 0 radical (unpaired) electrons. The van der Waals surface area contributed by atoms with Crippen molar-refractivity contribution in [1.29, 1.82) is 0 Å². The Kier molecular flexibility index (Phi) is 5.45. The van der Waals surface area contributed by atoms with E-state index in [-0.39, 0.29) is 0 Å². The minimum absolute atomic E-state index is 0.561. The minimum atomic E-state index is 0.561. The van der Waals surface area contributed by atoms with E-state index >= 15 is 0 Å². The zero-order valence-corrected chi connectivity index (χ0v) is 15.6. The van der Waals surface area contributed by atoms with Crippen LogP contribution in [0.3, 0.4) is 0 Å². The molecule has 24 heavy (non-hydrogen) atoms. The minimum Gasteiger partial charge on any atom is -0.497 e. The first-order valence-corrected chi connectivity index (χ1v) is 9.45. The van der Waals surface area contributed by atoms with Crippen LogP contribution in [0, 0.1) is 0 Å². The molecule has 0 bridgehead atoms. The zero-order valence-electron chi connectivity index (χ0n) is 15.6. The van der Waals surface area contributed by atoms with Gasteiger partial charge in [0.15, 0.2) is 0 Å². The lowest BCUT2D eigenvalue weighted by molar-refractivity contribution is 0.0845. The predicted molar refractivity (Wildman–Crippen MR) is 103 cm³/mol. The lowest BCUT2D eigenvalue weighted by atomic mass is 9.91. The van der Waals surface area contributed by atoms with Crippen LogP contribution in [0.5, 0.6) is 5.75 Å². The van der Waals surface area contributed by atoms with Gasteiger partial charge >= 0.3 is 0 Å². The van der Waals surface area contributed by atoms with Crippen molar-refractivity contribution in [2.45, 2.75) is 64.5 Å². The summed E-state index contributed by atoms with van der Waals surface area (Å²) in [6.07, 6.45) is 5.38. The van der Waals surface area contributed by atoms with Gasteiger partial charge in [-0.2, -0.15) is 0 Å². The summed E-state index contributed by atoms with van der Waals surface area (Å²) in [5.41, 5.74) is 1.44. The van der Waals surface area contributed by atoms with E-state index < -0.39 is 0 Å². The molecule has 3 rings (SSSR count). The van der Waals surface area contributed by atoms with Crippen LogP contribution in [0.15, 0.2) is 36.4 Å². The molecule has 1 saturated heterocycles. The fraction of sp³-hybridized carbons (Fsp3) is 0.545. The number of piperidine rings is 1. The first-order chi connectivity index (χ1) is 11.6. The number of benzene rings is 2. The number of likely N-dealkylation sites (tertiary alicyclic amines) is 1. The molecule has 1 aliphatic rings. The van der Waals surface area contributed by atoms with Crippen LogP contribution in [-0.2, 0) is 0 Å². The van der Waals surface area contributed by atoms with Crippen molar-refractivity contribution in [2.75, 3.05) is 13.7 Å². The topological polar surface area (TPSA) is 12.5 Å². The van der Waals surface area contributed by atoms with Gasteiger partial charge < -0.3 is 4.74 Å². The summed E-state index contributed by atoms with van der Waals surface area (Å²) in [4.78, 5) is 2.76. The van der Waals surface area contributed by atoms with Gasteiger partial charge in [-0.05, 0) is 60.6 Å². The third kappa shape index (κ3) is 3.59. The van der Waals surface area contributed by atoms with Gasteiger partial charge in [0, 0.05) is 18.6 Å². The Hall–Kier alpha value is -1.54. The van der Waals surface area contributed by atoms with E-state index in [9.17, 15) is 0 Å². The van der Waals surface area contributed by atoms with Crippen molar-refractivity contribution in [3.8, 4) is 5.75 Å². The molecule has 0 N–H and O–H groups in total. The Balaban J connectivity index is 1.78. The molecule has 3 unspecified atom stereocenters. The molecule has 0 spiro atoms. The summed E-state index contributed by atoms with van der Waals surface area (Å²) in [6.45, 7) is 8.28. The van der Waals surface area contributed by atoms with E-state index in [2.05, 4.69) is 62.1 Å². The maximum atomic E-state index is 5.33. The Bertz CT molecular complexity index is 681. The van der Waals surface area contributed by atoms with Crippen LogP contribution in [0.1, 0.15) is 57.9 Å². The Morgan fingerprint density at radius 1 is 1.12 bits per heavy atom. The molecule has 1 heterocycles. The Morgan fingerprint density at radius 2 is 1.88 bits per heavy atom. The summed E-state index contributed by atoms with van der Waals surface area (Å²) in [7, 11) is 1.72. The highest BCUT2D eigenvalue weighted by molar-refractivity contribution is 5.84. The van der Waals surface area contributed by atoms with Crippen molar-refractivity contribution in [2.24, 2.45) is 0 Å². The van der Waals surface area contributed by atoms with Crippen molar-refractivity contribution in [3.05, 3.63) is 42.0 Å². The highest BCUT2D eigenvalue weighted by atomic mass is 16.5. The molecular weight excluding hydrogens is 294 g/mol. The largest absolute Gasteiger partial charge is 0.497 e. The fourth-order valence-corrected chi connectivity index (χ4v) is 4.21. The van der Waals surface area contributed by atoms with Crippen LogP contribution in [0.2, 0.25) is 0 Å². The van der Waals surface area contributed by atoms with Crippen molar-refractivity contribution >= 4 is 10.8 Å². The maximum absolute atomic E-state index is 5.33. The molecule has 3 atom stereocenters. The fourth-order valence-electron chi connectivity index (χ4n) is 4.21. The maximum Gasteiger partial charge on any atom is 0.119 e. The molecule has 2 nitrogen and oxygen atoms in total. The third-order valence-corrected chi connectivity index (χ3v) is 5.79. The molecule has 0 amide bonds. The lowest BCUT2D eigenvalue weighted by Crippen LogP contribution is -2.46. The molecule has 130 valence electrons. The molecule has 2 aromatic rings. The first kappa shape index (κ1) is 17.3. The molecular formula is C22H31NO. The van der Waals surface area contributed by atoms with Gasteiger partial charge in [-0.3, -0.25) is 4.90 Å². The standard InChI is InChI=1S/C22H31NO/c1-5-21-8-6-7-17(3)23(21)15-16(2)18-9-10-20-14-22(24-4)12-11-19(20)13-18/h9-14,16-17,21H,5-8,15H2,1-4H3. The quantitative estimate of drug-likeness (QED) is 0.709. The van der Waals surface area contributed by atoms with Crippen molar-refractivity contribution < 1.29 is 4.74 Å². The van der Waals surface area contributed by atoms with Gasteiger partial charge in [-0.15, -0.1) is 0 Å². The number of rotatable bonds is 5. The average molecular weight is 325 g/mol. The molecule has 1 fully saturated rings. The lowest BCUT2D eigenvalue weighted by Gasteiger charge is -2.42. The highest BCUT2D eigenvalue weighted by Gasteiger charge is 2.27. The second-order valence-corrected chi connectivity index (χ2v) is 7.41. The van der Waals surface area contributed by atoms with Gasteiger partial charge in [0.25, 0.3) is 0 Å². The SMILES string of the molecule is CCC1CCCC(C)N1CC(C)c1ccc2cc(OC)ccc2c1. The molecule has 0 aromatic heterocycles. The zero-order chi connectivity index (χ0) is 17.1. The van der Waals surface area contributed by atoms with Gasteiger partial charge in [0.1, 0.15) is 5.75 Å². The van der Waals surface area contributed by atoms with E-state index in [1.54, 1.807) is 7.11 Å². The molecule has 0 aliphatic carbocycles. The number of hydrogen-bond acceptors (Lipinski definition) is 2. The van der Waals surface area contributed by atoms with E-state index in [1.807, 2.05) is 0 Å².